The zero-order valence-electron chi connectivity index (χ0n) is 24.4. The fraction of sp³-hybridized carbons (Fsp3) is 0.429. The highest BCUT2D eigenvalue weighted by molar-refractivity contribution is 5.95. The normalized spacial score (nSPS) is 26.5. The maximum atomic E-state index is 14.3. The largest absolute Gasteiger partial charge is 0.347 e. The van der Waals surface area contributed by atoms with E-state index in [0.29, 0.717) is 36.1 Å². The van der Waals surface area contributed by atoms with Gasteiger partial charge in [0.1, 0.15) is 11.6 Å². The first-order chi connectivity index (χ1) is 20.2. The number of nitrogens with one attached hydrogen (secondary N) is 2. The molecule has 2 saturated carbocycles. The molecule has 3 aliphatic rings. The summed E-state index contributed by atoms with van der Waals surface area (Å²) in [5.41, 5.74) is 3.04. The molecule has 0 spiro atoms. The van der Waals surface area contributed by atoms with Gasteiger partial charge in [-0.25, -0.2) is 8.78 Å². The number of nitrogens with zero attached hydrogens (tertiary/aromatic N) is 1. The van der Waals surface area contributed by atoms with E-state index in [0.717, 1.165) is 55.2 Å². The van der Waals surface area contributed by atoms with E-state index in [-0.39, 0.29) is 41.1 Å². The highest BCUT2D eigenvalue weighted by atomic mass is 19.1. The summed E-state index contributed by atoms with van der Waals surface area (Å²) in [5, 5.41) is 7.11. The van der Waals surface area contributed by atoms with E-state index in [1.165, 1.54) is 18.2 Å². The number of carbonyl (C=O) groups is 2. The van der Waals surface area contributed by atoms with Crippen molar-refractivity contribution in [2.45, 2.75) is 76.5 Å². The summed E-state index contributed by atoms with van der Waals surface area (Å²) in [6.07, 6.45) is 5.52. The Hall–Kier alpha value is -3.58. The molecule has 2 amide bonds. The van der Waals surface area contributed by atoms with E-state index in [2.05, 4.69) is 24.5 Å². The Balaban J connectivity index is 1.15. The number of rotatable bonds is 7. The summed E-state index contributed by atoms with van der Waals surface area (Å²) in [6.45, 7) is 5.58. The van der Waals surface area contributed by atoms with Gasteiger partial charge >= 0.3 is 0 Å². The number of benzene rings is 3. The predicted molar refractivity (Wildman–Crippen MR) is 159 cm³/mol. The highest BCUT2D eigenvalue weighted by Gasteiger charge is 2.51. The van der Waals surface area contributed by atoms with Crippen molar-refractivity contribution in [2.75, 3.05) is 6.54 Å². The molecule has 0 radical (unpaired) electrons. The van der Waals surface area contributed by atoms with Gasteiger partial charge in [0.15, 0.2) is 0 Å². The Bertz CT molecular complexity index is 1490. The quantitative estimate of drug-likeness (QED) is 0.336. The summed E-state index contributed by atoms with van der Waals surface area (Å²) in [4.78, 5) is 28.7. The number of fused-ring (bicyclic) bond motifs is 3. The van der Waals surface area contributed by atoms with E-state index in [9.17, 15) is 18.4 Å². The number of halogens is 2. The lowest BCUT2D eigenvalue weighted by molar-refractivity contribution is -0.131. The first-order valence-electron chi connectivity index (χ1n) is 15.1. The van der Waals surface area contributed by atoms with Crippen molar-refractivity contribution in [2.24, 2.45) is 11.8 Å². The standard InChI is InChI=1S/C35H39F2N3O2/c1-3-34(39-33(42)26-10-8-25(9-11-26)30-6-4-5-7-31(30)37)17-24-14-23(2)16-35(18-24,22-34)38-19-32(41)40-20-27-12-13-29(36)15-28(27)21-40/h4-13,15,23-24,38H,3,14,16-22H2,1-2H3,(H,39,42). The average Bonchev–Trinajstić information content (AvgIpc) is 3.39. The van der Waals surface area contributed by atoms with Crippen molar-refractivity contribution in [3.63, 3.8) is 0 Å². The number of hydrogen-bond acceptors (Lipinski definition) is 3. The van der Waals surface area contributed by atoms with Crippen LogP contribution in [-0.2, 0) is 17.9 Å². The monoisotopic (exact) mass is 571 g/mol. The zero-order valence-corrected chi connectivity index (χ0v) is 24.4. The molecule has 1 heterocycles. The second-order valence-corrected chi connectivity index (χ2v) is 12.9. The molecule has 42 heavy (non-hydrogen) atoms. The summed E-state index contributed by atoms with van der Waals surface area (Å²) in [6, 6.07) is 18.5. The summed E-state index contributed by atoms with van der Waals surface area (Å²) in [7, 11) is 0. The zero-order chi connectivity index (χ0) is 29.5. The van der Waals surface area contributed by atoms with Crippen LogP contribution in [-0.4, -0.2) is 34.3 Å². The van der Waals surface area contributed by atoms with Crippen LogP contribution in [0.4, 0.5) is 8.78 Å². The topological polar surface area (TPSA) is 61.4 Å². The van der Waals surface area contributed by atoms with Gasteiger partial charge in [0.05, 0.1) is 6.54 Å². The lowest BCUT2D eigenvalue weighted by Crippen LogP contribution is -2.65. The third kappa shape index (κ3) is 5.71. The molecule has 4 unspecified atom stereocenters. The summed E-state index contributed by atoms with van der Waals surface area (Å²) >= 11 is 0. The number of carbonyl (C=O) groups excluding carboxylic acids is 2. The van der Waals surface area contributed by atoms with E-state index < -0.39 is 0 Å². The van der Waals surface area contributed by atoms with Crippen molar-refractivity contribution >= 4 is 11.8 Å². The first kappa shape index (κ1) is 28.5. The number of hydrogen-bond donors (Lipinski definition) is 2. The fourth-order valence-corrected chi connectivity index (χ4v) is 7.99. The van der Waals surface area contributed by atoms with E-state index >= 15 is 0 Å². The van der Waals surface area contributed by atoms with Crippen LogP contribution in [0.1, 0.15) is 73.9 Å². The Morgan fingerprint density at radius 1 is 0.952 bits per heavy atom. The Morgan fingerprint density at radius 2 is 1.71 bits per heavy atom. The van der Waals surface area contributed by atoms with E-state index in [4.69, 9.17) is 0 Å². The number of amides is 2. The fourth-order valence-electron chi connectivity index (χ4n) is 7.99. The molecule has 0 aromatic heterocycles. The van der Waals surface area contributed by atoms with Gasteiger partial charge in [-0.2, -0.15) is 0 Å². The molecule has 3 aromatic rings. The van der Waals surface area contributed by atoms with Crippen molar-refractivity contribution in [1.82, 2.24) is 15.5 Å². The molecule has 2 aliphatic carbocycles. The first-order valence-corrected chi connectivity index (χ1v) is 15.1. The van der Waals surface area contributed by atoms with Crippen molar-refractivity contribution < 1.29 is 18.4 Å². The third-order valence-electron chi connectivity index (χ3n) is 9.76. The van der Waals surface area contributed by atoms with Gasteiger partial charge < -0.3 is 15.5 Å². The van der Waals surface area contributed by atoms with Crippen LogP contribution >= 0.6 is 0 Å². The van der Waals surface area contributed by atoms with Gasteiger partial charge in [-0.05, 0) is 97.4 Å². The van der Waals surface area contributed by atoms with Crippen LogP contribution in [0.2, 0.25) is 0 Å². The van der Waals surface area contributed by atoms with Gasteiger partial charge in [-0.15, -0.1) is 0 Å². The molecule has 0 saturated heterocycles. The molecule has 220 valence electrons. The molecule has 2 bridgehead atoms. The molecule has 3 aromatic carbocycles. The van der Waals surface area contributed by atoms with Crippen LogP contribution in [0, 0.1) is 23.5 Å². The van der Waals surface area contributed by atoms with Gasteiger partial charge in [0.2, 0.25) is 5.91 Å². The molecule has 7 heteroatoms. The Morgan fingerprint density at radius 3 is 2.48 bits per heavy atom. The second kappa shape index (κ2) is 11.3. The maximum absolute atomic E-state index is 14.3. The molecule has 6 rings (SSSR count). The van der Waals surface area contributed by atoms with E-state index in [1.807, 2.05) is 0 Å². The van der Waals surface area contributed by atoms with Gasteiger partial charge in [-0.3, -0.25) is 9.59 Å². The second-order valence-electron chi connectivity index (χ2n) is 12.9. The average molecular weight is 572 g/mol. The molecular weight excluding hydrogens is 532 g/mol. The van der Waals surface area contributed by atoms with E-state index in [1.54, 1.807) is 53.4 Å². The minimum Gasteiger partial charge on any atom is -0.347 e. The molecule has 2 N–H and O–H groups in total. The minimum atomic E-state index is -0.387. The summed E-state index contributed by atoms with van der Waals surface area (Å²) < 4.78 is 28.0. The lowest BCUT2D eigenvalue weighted by atomic mass is 9.57. The minimum absolute atomic E-state index is 0.0161. The molecular formula is C35H39F2N3O2. The van der Waals surface area contributed by atoms with Crippen molar-refractivity contribution in [3.8, 4) is 11.1 Å². The van der Waals surface area contributed by atoms with Crippen molar-refractivity contribution in [1.29, 1.82) is 0 Å². The lowest BCUT2D eigenvalue weighted by Gasteiger charge is -2.56. The molecule has 5 nitrogen and oxygen atoms in total. The SMILES string of the molecule is CCC1(NC(=O)c2ccc(-c3ccccc3F)cc2)CC2CC(C)CC(NCC(=O)N3Cc4ccc(F)cc4C3)(C2)C1. The van der Waals surface area contributed by atoms with Crippen LogP contribution in [0.3, 0.4) is 0 Å². The Labute approximate surface area is 246 Å². The molecule has 4 atom stereocenters. The Kier molecular flexibility index (Phi) is 7.64. The van der Waals surface area contributed by atoms with Crippen LogP contribution < -0.4 is 10.6 Å². The third-order valence-corrected chi connectivity index (χ3v) is 9.76. The van der Waals surface area contributed by atoms with Gasteiger partial charge in [-0.1, -0.05) is 50.2 Å². The van der Waals surface area contributed by atoms with Gasteiger partial charge in [0.25, 0.3) is 5.91 Å². The van der Waals surface area contributed by atoms with Crippen LogP contribution in [0.25, 0.3) is 11.1 Å². The smallest absolute Gasteiger partial charge is 0.251 e. The van der Waals surface area contributed by atoms with Crippen molar-refractivity contribution in [3.05, 3.63) is 95.1 Å². The van der Waals surface area contributed by atoms with Gasteiger partial charge in [0, 0.05) is 35.3 Å². The highest BCUT2D eigenvalue weighted by Crippen LogP contribution is 2.50. The predicted octanol–water partition coefficient (Wildman–Crippen LogP) is 6.61. The maximum Gasteiger partial charge on any atom is 0.251 e. The van der Waals surface area contributed by atoms with Crippen LogP contribution in [0.15, 0.2) is 66.7 Å². The van der Waals surface area contributed by atoms with Crippen LogP contribution in [0.5, 0.6) is 0 Å². The molecule has 1 aliphatic heterocycles. The molecule has 2 fully saturated rings. The summed E-state index contributed by atoms with van der Waals surface area (Å²) in [5.74, 6) is 0.306.